The van der Waals surface area contributed by atoms with E-state index in [1.54, 1.807) is 11.8 Å². The van der Waals surface area contributed by atoms with Crippen molar-refractivity contribution in [2.45, 2.75) is 37.6 Å². The number of carbonyl (C=O) groups is 1. The highest BCUT2D eigenvalue weighted by atomic mass is 32.2. The molecule has 8 heteroatoms. The lowest BCUT2D eigenvalue weighted by Gasteiger charge is -2.16. The number of nitrogens with zero attached hydrogens (tertiary/aromatic N) is 2. The lowest BCUT2D eigenvalue weighted by Crippen LogP contribution is -2.32. The van der Waals surface area contributed by atoms with Gasteiger partial charge in [0.1, 0.15) is 11.6 Å². The van der Waals surface area contributed by atoms with Crippen LogP contribution in [-0.2, 0) is 4.79 Å². The van der Waals surface area contributed by atoms with Gasteiger partial charge in [-0.2, -0.15) is 0 Å². The van der Waals surface area contributed by atoms with Crippen LogP contribution in [-0.4, -0.2) is 28.0 Å². The Bertz CT molecular complexity index is 662. The van der Waals surface area contributed by atoms with Crippen LogP contribution in [0.3, 0.4) is 0 Å². The van der Waals surface area contributed by atoms with Gasteiger partial charge in [-0.1, -0.05) is 43.9 Å². The largest absolute Gasteiger partial charge is 0.481 e. The van der Waals surface area contributed by atoms with E-state index >= 15 is 0 Å². The molecule has 1 atom stereocenters. The molecule has 1 heterocycles. The quantitative estimate of drug-likeness (QED) is 0.557. The predicted octanol–water partition coefficient (Wildman–Crippen LogP) is 4.22. The van der Waals surface area contributed by atoms with E-state index in [0.29, 0.717) is 23.2 Å². The topological polar surface area (TPSA) is 64.1 Å². The van der Waals surface area contributed by atoms with Crippen LogP contribution in [0, 0.1) is 11.7 Å². The molecule has 1 aromatic carbocycles. The van der Waals surface area contributed by atoms with Crippen molar-refractivity contribution in [3.63, 3.8) is 0 Å². The number of aromatic nitrogens is 2. The number of halogens is 1. The van der Waals surface area contributed by atoms with Crippen molar-refractivity contribution in [1.29, 1.82) is 0 Å². The van der Waals surface area contributed by atoms with Crippen LogP contribution in [0.4, 0.5) is 9.52 Å². The smallest absolute Gasteiger partial charge is 0.267 e. The van der Waals surface area contributed by atoms with Crippen LogP contribution in [0.5, 0.6) is 5.75 Å². The van der Waals surface area contributed by atoms with E-state index in [4.69, 9.17) is 4.74 Å². The van der Waals surface area contributed by atoms with E-state index in [1.165, 1.54) is 35.6 Å². The molecule has 5 nitrogen and oxygen atoms in total. The second-order valence-corrected chi connectivity index (χ2v) is 7.78. The number of amides is 1. The van der Waals surface area contributed by atoms with E-state index in [0.717, 1.165) is 10.1 Å². The first-order chi connectivity index (χ1) is 11.5. The summed E-state index contributed by atoms with van der Waals surface area (Å²) in [5.74, 6) is 1.32. The summed E-state index contributed by atoms with van der Waals surface area (Å²) in [6, 6.07) is 5.58. The van der Waals surface area contributed by atoms with E-state index in [-0.39, 0.29) is 11.7 Å². The first-order valence-electron chi connectivity index (χ1n) is 7.67. The third kappa shape index (κ3) is 5.76. The summed E-state index contributed by atoms with van der Waals surface area (Å²) in [6.45, 7) is 6.11. The highest BCUT2D eigenvalue weighted by Gasteiger charge is 2.20. The molecule has 0 saturated heterocycles. The zero-order valence-corrected chi connectivity index (χ0v) is 15.4. The normalized spacial score (nSPS) is 12.2. The van der Waals surface area contributed by atoms with Gasteiger partial charge in [-0.3, -0.25) is 10.1 Å². The lowest BCUT2D eigenvalue weighted by molar-refractivity contribution is -0.122. The minimum Gasteiger partial charge on any atom is -0.481 e. The molecular weight excluding hydrogens is 349 g/mol. The van der Waals surface area contributed by atoms with Crippen LogP contribution in [0.25, 0.3) is 0 Å². The highest BCUT2D eigenvalue weighted by Crippen LogP contribution is 2.27. The zero-order chi connectivity index (χ0) is 17.5. The molecule has 0 fully saturated rings. The van der Waals surface area contributed by atoms with Gasteiger partial charge >= 0.3 is 0 Å². The Labute approximate surface area is 149 Å². The molecule has 24 heavy (non-hydrogen) atoms. The Hall–Kier alpha value is -1.67. The number of anilines is 1. The van der Waals surface area contributed by atoms with Gasteiger partial charge in [0.25, 0.3) is 5.91 Å². The molecule has 0 aliphatic rings. The van der Waals surface area contributed by atoms with E-state index in [2.05, 4.69) is 29.4 Å². The lowest BCUT2D eigenvalue weighted by atomic mass is 10.2. The summed E-state index contributed by atoms with van der Waals surface area (Å²) in [5, 5.41) is 11.2. The van der Waals surface area contributed by atoms with Gasteiger partial charge in [0.15, 0.2) is 10.4 Å². The number of carbonyl (C=O) groups excluding carboxylic acids is 1. The molecule has 0 spiro atoms. The first-order valence-corrected chi connectivity index (χ1v) is 9.47. The van der Waals surface area contributed by atoms with Crippen LogP contribution in [0.1, 0.15) is 27.2 Å². The Morgan fingerprint density at radius 3 is 2.67 bits per heavy atom. The molecule has 0 radical (unpaired) electrons. The van der Waals surface area contributed by atoms with Crippen molar-refractivity contribution in [1.82, 2.24) is 10.2 Å². The second-order valence-electron chi connectivity index (χ2n) is 5.54. The standard InChI is InChI=1S/C16H20FN3O2S2/c1-4-13(22-12-7-5-11(17)6-8-12)14(21)18-15-19-20-16(24-15)23-9-10(2)3/h5-8,10,13H,4,9H2,1-3H3,(H,18,19,21)/t13-/m0/s1. The number of ether oxygens (including phenoxy) is 1. The number of hydrogen-bond donors (Lipinski definition) is 1. The number of nitrogens with one attached hydrogen (secondary N) is 1. The predicted molar refractivity (Wildman–Crippen MR) is 95.2 cm³/mol. The number of hydrogen-bond acceptors (Lipinski definition) is 6. The molecule has 1 amide bonds. The monoisotopic (exact) mass is 369 g/mol. The van der Waals surface area contributed by atoms with Crippen molar-refractivity contribution in [3.05, 3.63) is 30.1 Å². The maximum atomic E-state index is 12.9. The van der Waals surface area contributed by atoms with Crippen molar-refractivity contribution in [3.8, 4) is 5.75 Å². The molecule has 1 aromatic heterocycles. The average molecular weight is 369 g/mol. The maximum Gasteiger partial charge on any atom is 0.267 e. The Kier molecular flexibility index (Phi) is 6.99. The minimum atomic E-state index is -0.675. The Morgan fingerprint density at radius 2 is 2.04 bits per heavy atom. The van der Waals surface area contributed by atoms with Gasteiger partial charge in [0, 0.05) is 5.75 Å². The summed E-state index contributed by atoms with van der Waals surface area (Å²) in [4.78, 5) is 12.3. The number of rotatable bonds is 8. The molecule has 0 aliphatic carbocycles. The van der Waals surface area contributed by atoms with Crippen molar-refractivity contribution in [2.75, 3.05) is 11.1 Å². The Balaban J connectivity index is 1.92. The summed E-state index contributed by atoms with van der Waals surface area (Å²) in [5.41, 5.74) is 0. The second kappa shape index (κ2) is 8.98. The van der Waals surface area contributed by atoms with Crippen LogP contribution in [0.15, 0.2) is 28.6 Å². The number of thioether (sulfide) groups is 1. The van der Waals surface area contributed by atoms with Gasteiger partial charge in [0.05, 0.1) is 0 Å². The molecule has 0 saturated carbocycles. The van der Waals surface area contributed by atoms with Gasteiger partial charge in [0.2, 0.25) is 5.13 Å². The third-order valence-electron chi connectivity index (χ3n) is 2.93. The molecule has 0 aliphatic heterocycles. The summed E-state index contributed by atoms with van der Waals surface area (Å²) in [6.07, 6.45) is -0.192. The molecular formula is C16H20FN3O2S2. The molecule has 0 unspecified atom stereocenters. The van der Waals surface area contributed by atoms with E-state index < -0.39 is 6.10 Å². The molecule has 2 aromatic rings. The fourth-order valence-electron chi connectivity index (χ4n) is 1.74. The van der Waals surface area contributed by atoms with Crippen LogP contribution >= 0.6 is 23.1 Å². The van der Waals surface area contributed by atoms with Gasteiger partial charge in [-0.25, -0.2) is 4.39 Å². The highest BCUT2D eigenvalue weighted by molar-refractivity contribution is 8.01. The third-order valence-corrected chi connectivity index (χ3v) is 5.33. The first kappa shape index (κ1) is 18.7. The average Bonchev–Trinajstić information content (AvgIpc) is 2.99. The van der Waals surface area contributed by atoms with Crippen LogP contribution < -0.4 is 10.1 Å². The van der Waals surface area contributed by atoms with E-state index in [9.17, 15) is 9.18 Å². The van der Waals surface area contributed by atoms with Gasteiger partial charge in [-0.05, 0) is 36.6 Å². The summed E-state index contributed by atoms with van der Waals surface area (Å²) < 4.78 is 19.4. The molecule has 1 N–H and O–H groups in total. The fraction of sp³-hybridized carbons (Fsp3) is 0.438. The van der Waals surface area contributed by atoms with E-state index in [1.807, 2.05) is 6.92 Å². The zero-order valence-electron chi connectivity index (χ0n) is 13.8. The molecule has 130 valence electrons. The molecule has 0 bridgehead atoms. The number of benzene rings is 1. The molecule has 2 rings (SSSR count). The fourth-order valence-corrected chi connectivity index (χ4v) is 3.47. The summed E-state index contributed by atoms with van der Waals surface area (Å²) >= 11 is 2.96. The van der Waals surface area contributed by atoms with Gasteiger partial charge in [-0.15, -0.1) is 10.2 Å². The Morgan fingerprint density at radius 1 is 1.33 bits per heavy atom. The van der Waals surface area contributed by atoms with Crippen molar-refractivity contribution in [2.24, 2.45) is 5.92 Å². The summed E-state index contributed by atoms with van der Waals surface area (Å²) in [7, 11) is 0. The minimum absolute atomic E-state index is 0.293. The van der Waals surface area contributed by atoms with Crippen LogP contribution in [0.2, 0.25) is 0 Å². The van der Waals surface area contributed by atoms with Crippen molar-refractivity contribution < 1.29 is 13.9 Å². The maximum absolute atomic E-state index is 12.9. The SMILES string of the molecule is CC[C@H](Oc1ccc(F)cc1)C(=O)Nc1nnc(SCC(C)C)s1. The van der Waals surface area contributed by atoms with Gasteiger partial charge < -0.3 is 4.74 Å². The van der Waals surface area contributed by atoms with Crippen molar-refractivity contribution >= 4 is 34.1 Å².